The molecule has 1 aromatic carbocycles. The van der Waals surface area contributed by atoms with Crippen LogP contribution in [0, 0.1) is 0 Å². The maximum atomic E-state index is 11.7. The fourth-order valence-electron chi connectivity index (χ4n) is 2.53. The summed E-state index contributed by atoms with van der Waals surface area (Å²) in [4.78, 5) is 20.3. The second-order valence-corrected chi connectivity index (χ2v) is 4.92. The summed E-state index contributed by atoms with van der Waals surface area (Å²) in [7, 11) is 3.18. The molecule has 0 atom stereocenters. The lowest BCUT2D eigenvalue weighted by atomic mass is 10.2. The van der Waals surface area contributed by atoms with Crippen molar-refractivity contribution in [1.29, 1.82) is 0 Å². The molecule has 116 valence electrons. The Bertz CT molecular complexity index is 811. The number of methoxy groups -OCH3 is 2. The molecular formula is C15H18N4O3. The monoisotopic (exact) mass is 302 g/mol. The van der Waals surface area contributed by atoms with Crippen LogP contribution in [-0.4, -0.2) is 36.2 Å². The Morgan fingerprint density at radius 1 is 1.36 bits per heavy atom. The predicted molar refractivity (Wildman–Crippen MR) is 82.2 cm³/mol. The molecular weight excluding hydrogens is 284 g/mol. The average Bonchev–Trinajstić information content (AvgIpc) is 3.03. The van der Waals surface area contributed by atoms with E-state index in [-0.39, 0.29) is 5.91 Å². The van der Waals surface area contributed by atoms with Crippen molar-refractivity contribution >= 4 is 22.6 Å². The van der Waals surface area contributed by atoms with Crippen LogP contribution in [0.4, 0.5) is 5.82 Å². The molecule has 2 aromatic rings. The first-order chi connectivity index (χ1) is 10.7. The van der Waals surface area contributed by atoms with E-state index < -0.39 is 0 Å². The van der Waals surface area contributed by atoms with Gasteiger partial charge in [0.1, 0.15) is 5.82 Å². The van der Waals surface area contributed by atoms with Crippen LogP contribution in [0.3, 0.4) is 0 Å². The predicted octanol–water partition coefficient (Wildman–Crippen LogP) is 1.32. The molecule has 0 bridgehead atoms. The number of carbonyl (C=O) groups excluding carboxylic acids is 1. The smallest absolute Gasteiger partial charge is 0.248 e. The van der Waals surface area contributed by atoms with E-state index in [0.717, 1.165) is 24.3 Å². The summed E-state index contributed by atoms with van der Waals surface area (Å²) in [5.41, 5.74) is 1.13. The van der Waals surface area contributed by atoms with Gasteiger partial charge in [0.05, 0.1) is 19.7 Å². The highest BCUT2D eigenvalue weighted by Crippen LogP contribution is 2.34. The van der Waals surface area contributed by atoms with Gasteiger partial charge < -0.3 is 14.8 Å². The highest BCUT2D eigenvalue weighted by atomic mass is 16.5. The van der Waals surface area contributed by atoms with Crippen LogP contribution in [0.25, 0.3) is 10.9 Å². The summed E-state index contributed by atoms with van der Waals surface area (Å²) in [6.45, 7) is 3.28. The third-order valence-electron chi connectivity index (χ3n) is 3.64. The summed E-state index contributed by atoms with van der Waals surface area (Å²) >= 11 is 0. The molecule has 1 aliphatic rings. The molecule has 22 heavy (non-hydrogen) atoms. The number of hydrogen-bond acceptors (Lipinski definition) is 5. The number of benzene rings is 1. The van der Waals surface area contributed by atoms with Gasteiger partial charge in [0, 0.05) is 31.0 Å². The van der Waals surface area contributed by atoms with Crippen molar-refractivity contribution in [2.75, 3.05) is 26.1 Å². The lowest BCUT2D eigenvalue weighted by Gasteiger charge is -2.12. The molecule has 1 amide bonds. The quantitative estimate of drug-likeness (QED) is 0.925. The Balaban J connectivity index is 2.33. The lowest BCUT2D eigenvalue weighted by Crippen LogP contribution is -2.24. The first kappa shape index (κ1) is 14.4. The molecule has 0 spiro atoms. The third kappa shape index (κ3) is 2.28. The van der Waals surface area contributed by atoms with Gasteiger partial charge in [-0.1, -0.05) is 6.92 Å². The van der Waals surface area contributed by atoms with Crippen LogP contribution in [0.15, 0.2) is 17.1 Å². The molecule has 0 radical (unpaired) electrons. The number of rotatable bonds is 3. The molecule has 1 N–H and O–H groups in total. The topological polar surface area (TPSA) is 77.7 Å². The SMILES string of the molecule is CCC(=O)N=c1nc2cc(OC)c(OC)cc2c2n1CCN2. The van der Waals surface area contributed by atoms with Crippen LogP contribution in [0.1, 0.15) is 13.3 Å². The Labute approximate surface area is 127 Å². The van der Waals surface area contributed by atoms with E-state index in [2.05, 4.69) is 15.3 Å². The molecule has 7 heteroatoms. The van der Waals surface area contributed by atoms with Crippen molar-refractivity contribution in [1.82, 2.24) is 9.55 Å². The second-order valence-electron chi connectivity index (χ2n) is 4.92. The van der Waals surface area contributed by atoms with Crippen molar-refractivity contribution in [2.24, 2.45) is 4.99 Å². The van der Waals surface area contributed by atoms with E-state index >= 15 is 0 Å². The number of ether oxygens (including phenoxy) is 2. The molecule has 3 rings (SSSR count). The number of nitrogens with zero attached hydrogens (tertiary/aromatic N) is 3. The Hall–Kier alpha value is -2.57. The molecule has 0 aliphatic carbocycles. The number of aromatic nitrogens is 2. The maximum absolute atomic E-state index is 11.7. The van der Waals surface area contributed by atoms with Crippen molar-refractivity contribution in [3.63, 3.8) is 0 Å². The summed E-state index contributed by atoms with van der Waals surface area (Å²) < 4.78 is 12.6. The van der Waals surface area contributed by atoms with Gasteiger partial charge in [-0.05, 0) is 6.07 Å². The van der Waals surface area contributed by atoms with E-state index in [1.54, 1.807) is 27.2 Å². The van der Waals surface area contributed by atoms with E-state index in [0.29, 0.717) is 29.1 Å². The van der Waals surface area contributed by atoms with Crippen molar-refractivity contribution in [2.45, 2.75) is 19.9 Å². The molecule has 7 nitrogen and oxygen atoms in total. The normalized spacial score (nSPS) is 13.9. The average molecular weight is 302 g/mol. The van der Waals surface area contributed by atoms with Gasteiger partial charge in [0.2, 0.25) is 11.5 Å². The largest absolute Gasteiger partial charge is 0.493 e. The number of hydrogen-bond donors (Lipinski definition) is 1. The molecule has 1 aliphatic heterocycles. The molecule has 1 aromatic heterocycles. The number of carbonyl (C=O) groups is 1. The zero-order chi connectivity index (χ0) is 15.7. The third-order valence-corrected chi connectivity index (χ3v) is 3.64. The van der Waals surface area contributed by atoms with Gasteiger partial charge in [-0.15, -0.1) is 0 Å². The standard InChI is InChI=1S/C15H18N4O3/c1-4-13(20)18-15-17-10-8-12(22-3)11(21-2)7-9(10)14-16-5-6-19(14)15/h7-8,16H,4-6H2,1-3H3. The van der Waals surface area contributed by atoms with Gasteiger partial charge >= 0.3 is 0 Å². The lowest BCUT2D eigenvalue weighted by molar-refractivity contribution is -0.117. The summed E-state index contributed by atoms with van der Waals surface area (Å²) in [5.74, 6) is 1.95. The van der Waals surface area contributed by atoms with Crippen molar-refractivity contribution < 1.29 is 14.3 Å². The highest BCUT2D eigenvalue weighted by molar-refractivity contribution is 5.92. The first-order valence-electron chi connectivity index (χ1n) is 7.16. The molecule has 0 saturated carbocycles. The first-order valence-corrected chi connectivity index (χ1v) is 7.16. The minimum atomic E-state index is -0.186. The van der Waals surface area contributed by atoms with E-state index in [1.807, 2.05) is 10.6 Å². The summed E-state index contributed by atoms with van der Waals surface area (Å²) in [6, 6.07) is 3.68. The van der Waals surface area contributed by atoms with Gasteiger partial charge in [-0.25, -0.2) is 4.98 Å². The highest BCUT2D eigenvalue weighted by Gasteiger charge is 2.18. The minimum absolute atomic E-state index is 0.186. The molecule has 0 fully saturated rings. The van der Waals surface area contributed by atoms with Crippen LogP contribution >= 0.6 is 0 Å². The van der Waals surface area contributed by atoms with E-state index in [9.17, 15) is 4.79 Å². The minimum Gasteiger partial charge on any atom is -0.493 e. The molecule has 0 unspecified atom stereocenters. The van der Waals surface area contributed by atoms with Crippen molar-refractivity contribution in [3.8, 4) is 11.5 Å². The number of anilines is 1. The Kier molecular flexibility index (Phi) is 3.70. The Morgan fingerprint density at radius 2 is 2.09 bits per heavy atom. The van der Waals surface area contributed by atoms with Crippen LogP contribution in [0.2, 0.25) is 0 Å². The second kappa shape index (κ2) is 5.67. The van der Waals surface area contributed by atoms with Gasteiger partial charge in [0.25, 0.3) is 0 Å². The fraction of sp³-hybridized carbons (Fsp3) is 0.400. The zero-order valence-electron chi connectivity index (χ0n) is 12.8. The van der Waals surface area contributed by atoms with Crippen LogP contribution in [0.5, 0.6) is 11.5 Å². The van der Waals surface area contributed by atoms with Crippen LogP contribution in [-0.2, 0) is 11.3 Å². The number of nitrogens with one attached hydrogen (secondary N) is 1. The zero-order valence-corrected chi connectivity index (χ0v) is 12.8. The summed E-state index contributed by atoms with van der Waals surface area (Å²) in [5, 5.41) is 4.23. The maximum Gasteiger partial charge on any atom is 0.248 e. The number of amides is 1. The molecule has 0 saturated heterocycles. The molecule has 2 heterocycles. The summed E-state index contributed by atoms with van der Waals surface area (Å²) in [6.07, 6.45) is 0.356. The van der Waals surface area contributed by atoms with Gasteiger partial charge in [-0.3, -0.25) is 9.36 Å². The van der Waals surface area contributed by atoms with E-state index in [4.69, 9.17) is 9.47 Å². The Morgan fingerprint density at radius 3 is 2.77 bits per heavy atom. The van der Waals surface area contributed by atoms with Gasteiger partial charge in [-0.2, -0.15) is 4.99 Å². The van der Waals surface area contributed by atoms with Crippen molar-refractivity contribution in [3.05, 3.63) is 17.8 Å². The van der Waals surface area contributed by atoms with Gasteiger partial charge in [0.15, 0.2) is 11.5 Å². The van der Waals surface area contributed by atoms with E-state index in [1.165, 1.54) is 0 Å². The number of fused-ring (bicyclic) bond motifs is 3. The fourth-order valence-corrected chi connectivity index (χ4v) is 2.53. The van der Waals surface area contributed by atoms with Crippen LogP contribution < -0.4 is 20.4 Å².